The lowest BCUT2D eigenvalue weighted by molar-refractivity contribution is -0.161. The molecule has 0 radical (unpaired) electrons. The zero-order valence-corrected chi connectivity index (χ0v) is 63.3. The Kier molecular flexibility index (Phi) is 67.8. The van der Waals surface area contributed by atoms with Crippen LogP contribution in [0.4, 0.5) is 0 Å². The average Bonchev–Trinajstić information content (AvgIpc) is 0.989. The van der Waals surface area contributed by atoms with Crippen LogP contribution in [0.5, 0.6) is 0 Å². The molecule has 17 nitrogen and oxygen atoms in total. The van der Waals surface area contributed by atoms with Crippen molar-refractivity contribution in [3.8, 4) is 0 Å². The quantitative estimate of drug-likeness (QED) is 0.0169. The van der Waals surface area contributed by atoms with Crippen molar-refractivity contribution in [3.05, 3.63) is 170 Å². The maximum atomic E-state index is 13.1. The third kappa shape index (κ3) is 70.8. The highest BCUT2D eigenvalue weighted by molar-refractivity contribution is 7.47. The molecule has 566 valence electrons. The van der Waals surface area contributed by atoms with Crippen LogP contribution in [0.3, 0.4) is 0 Å². The van der Waals surface area contributed by atoms with E-state index in [4.69, 9.17) is 37.0 Å². The van der Waals surface area contributed by atoms with Crippen molar-refractivity contribution in [2.45, 2.75) is 277 Å². The number of carbonyl (C=O) groups excluding carboxylic acids is 4. The molecule has 0 saturated carbocycles. The molecule has 0 aliphatic rings. The molecule has 0 aromatic heterocycles. The molecule has 0 aromatic carbocycles. The van der Waals surface area contributed by atoms with Gasteiger partial charge in [0.2, 0.25) is 0 Å². The van der Waals surface area contributed by atoms with Gasteiger partial charge in [0.15, 0.2) is 12.2 Å². The molecule has 0 aliphatic heterocycles. The fourth-order valence-electron chi connectivity index (χ4n) is 9.04. The SMILES string of the molecule is CC/C=C\C/C=C\C/C=C\C/C=C\C/C=C\CCCC(=O)OCC(COP(=O)(O)OCC(O)COP(=O)(O)OCC(COC(=O)CCCCCC/C=C\C/C=C\C/C=C\C/C=C\CC)OC(=O)CCCC/C=C\C/C=C\C/C=C\C/C=C\CC)OC(=O)CCCCCCC/C=C\CCCC. The Morgan fingerprint density at radius 1 is 0.290 bits per heavy atom. The maximum Gasteiger partial charge on any atom is 0.472 e. The van der Waals surface area contributed by atoms with E-state index >= 15 is 0 Å². The molecule has 0 amide bonds. The topological polar surface area (TPSA) is 237 Å². The Hall–Kier alpha value is -5.58. The molecule has 0 heterocycles. The third-order valence-electron chi connectivity index (χ3n) is 14.7. The molecule has 3 N–H and O–H groups in total. The second-order valence-corrected chi connectivity index (χ2v) is 27.0. The minimum absolute atomic E-state index is 0.0293. The summed E-state index contributed by atoms with van der Waals surface area (Å²) < 4.78 is 68.3. The first kappa shape index (κ1) is 94.4. The molecule has 0 bridgehead atoms. The van der Waals surface area contributed by atoms with Crippen molar-refractivity contribution in [1.29, 1.82) is 0 Å². The highest BCUT2D eigenvalue weighted by atomic mass is 31.2. The summed E-state index contributed by atoms with van der Waals surface area (Å²) >= 11 is 0. The second kappa shape index (κ2) is 71.8. The zero-order chi connectivity index (χ0) is 73.2. The van der Waals surface area contributed by atoms with E-state index in [1.165, 1.54) is 6.42 Å². The van der Waals surface area contributed by atoms with Gasteiger partial charge in [-0.15, -0.1) is 0 Å². The van der Waals surface area contributed by atoms with Gasteiger partial charge in [-0.2, -0.15) is 0 Å². The predicted molar refractivity (Wildman–Crippen MR) is 408 cm³/mol. The van der Waals surface area contributed by atoms with Crippen LogP contribution in [0.1, 0.15) is 259 Å². The van der Waals surface area contributed by atoms with Gasteiger partial charge in [-0.05, 0) is 161 Å². The van der Waals surface area contributed by atoms with Crippen LogP contribution < -0.4 is 0 Å². The van der Waals surface area contributed by atoms with Gasteiger partial charge >= 0.3 is 39.5 Å². The standard InChI is InChI=1S/C81H130O17P2/c1-5-9-13-17-21-25-29-32-35-37-40-42-46-49-53-57-61-65-78(83)91-71-76(97-80(85)67-63-59-55-51-45-28-24-20-16-12-8-4)73-95-99(87,88)93-69-75(82)70-94-100(89,90)96-74-77(98-81(86)68-64-60-56-52-48-44-39-34-31-27-23-19-15-11-7-3)72-92-79(84)66-62-58-54-50-47-43-41-38-36-33-30-26-22-18-14-10-6-2/h9-11,13-15,20-27,32-36,39-43,48-49,52-53,75-77,82H,5-8,12,16-19,28-31,37-38,44-47,50-51,54-74H2,1-4H3,(H,87,88)(H,89,90)/b13-9-,14-10-,15-11-,24-20-,25-21-,26-22-,27-23-,35-32-,36-33-,39-34-,42-40-,43-41-,52-48-,53-49-. The van der Waals surface area contributed by atoms with Crippen molar-refractivity contribution >= 4 is 39.5 Å². The van der Waals surface area contributed by atoms with E-state index in [9.17, 15) is 43.2 Å². The van der Waals surface area contributed by atoms with E-state index in [2.05, 4.69) is 186 Å². The molecule has 0 aliphatic carbocycles. The lowest BCUT2D eigenvalue weighted by Gasteiger charge is -2.21. The minimum Gasteiger partial charge on any atom is -0.462 e. The van der Waals surface area contributed by atoms with E-state index in [1.807, 2.05) is 12.2 Å². The summed E-state index contributed by atoms with van der Waals surface area (Å²) in [6.07, 6.45) is 83.7. The summed E-state index contributed by atoms with van der Waals surface area (Å²) in [5.41, 5.74) is 0. The first-order valence-electron chi connectivity index (χ1n) is 37.4. The van der Waals surface area contributed by atoms with Crippen LogP contribution in [-0.4, -0.2) is 96.7 Å². The summed E-state index contributed by atoms with van der Waals surface area (Å²) in [6.45, 7) is 4.30. The summed E-state index contributed by atoms with van der Waals surface area (Å²) in [5.74, 6) is -2.35. The number of aliphatic hydroxyl groups excluding tert-OH is 1. The molecule has 5 atom stereocenters. The van der Waals surface area contributed by atoms with Crippen LogP contribution >= 0.6 is 15.6 Å². The Bertz CT molecular complexity index is 2570. The third-order valence-corrected chi connectivity index (χ3v) is 16.6. The van der Waals surface area contributed by atoms with Gasteiger partial charge in [-0.25, -0.2) is 9.13 Å². The second-order valence-electron chi connectivity index (χ2n) is 24.1. The molecule has 0 fully saturated rings. The normalized spacial score (nSPS) is 14.9. The first-order valence-corrected chi connectivity index (χ1v) is 40.4. The zero-order valence-electron chi connectivity index (χ0n) is 61.5. The number of phosphoric ester groups is 2. The molecule has 5 unspecified atom stereocenters. The number of aliphatic hydroxyl groups is 1. The molecule has 0 rings (SSSR count). The van der Waals surface area contributed by atoms with Crippen LogP contribution in [-0.2, 0) is 65.4 Å². The molecular weight excluding hydrogens is 1310 g/mol. The van der Waals surface area contributed by atoms with Gasteiger partial charge in [-0.1, -0.05) is 243 Å². The highest BCUT2D eigenvalue weighted by Gasteiger charge is 2.30. The predicted octanol–water partition coefficient (Wildman–Crippen LogP) is 21.4. The number of carbonyl (C=O) groups is 4. The van der Waals surface area contributed by atoms with Crippen molar-refractivity contribution in [3.63, 3.8) is 0 Å². The van der Waals surface area contributed by atoms with Gasteiger partial charge < -0.3 is 33.8 Å². The van der Waals surface area contributed by atoms with Crippen LogP contribution in [0.15, 0.2) is 170 Å². The van der Waals surface area contributed by atoms with Crippen LogP contribution in [0, 0.1) is 0 Å². The van der Waals surface area contributed by atoms with E-state index in [1.54, 1.807) is 0 Å². The van der Waals surface area contributed by atoms with Crippen LogP contribution in [0.25, 0.3) is 0 Å². The van der Waals surface area contributed by atoms with Gasteiger partial charge in [0.05, 0.1) is 26.4 Å². The fourth-order valence-corrected chi connectivity index (χ4v) is 10.6. The largest absolute Gasteiger partial charge is 0.472 e. The lowest BCUT2D eigenvalue weighted by Crippen LogP contribution is -2.30. The minimum atomic E-state index is -5.00. The Labute approximate surface area is 603 Å². The number of ether oxygens (including phenoxy) is 4. The van der Waals surface area contributed by atoms with E-state index < -0.39 is 97.5 Å². The highest BCUT2D eigenvalue weighted by Crippen LogP contribution is 2.45. The fraction of sp³-hybridized carbons (Fsp3) is 0.605. The molecule has 0 spiro atoms. The maximum absolute atomic E-state index is 13.1. The Morgan fingerprint density at radius 3 is 0.870 bits per heavy atom. The van der Waals surface area contributed by atoms with Crippen LogP contribution in [0.2, 0.25) is 0 Å². The number of phosphoric acid groups is 2. The Morgan fingerprint density at radius 2 is 0.530 bits per heavy atom. The number of allylic oxidation sites excluding steroid dienone is 28. The van der Waals surface area contributed by atoms with Crippen molar-refractivity contribution in [2.24, 2.45) is 0 Å². The number of hydrogen-bond acceptors (Lipinski definition) is 15. The van der Waals surface area contributed by atoms with Gasteiger partial charge in [-0.3, -0.25) is 37.3 Å². The summed E-state index contributed by atoms with van der Waals surface area (Å²) in [7, 11) is -10.00. The monoisotopic (exact) mass is 1440 g/mol. The van der Waals surface area contributed by atoms with E-state index in [0.717, 1.165) is 161 Å². The number of unbranched alkanes of at least 4 members (excludes halogenated alkanes) is 14. The number of esters is 4. The lowest BCUT2D eigenvalue weighted by atomic mass is 10.1. The molecular formula is C81H130O17P2. The summed E-state index contributed by atoms with van der Waals surface area (Å²) in [4.78, 5) is 72.8. The molecule has 0 saturated heterocycles. The van der Waals surface area contributed by atoms with Crippen molar-refractivity contribution < 1.29 is 80.2 Å². The smallest absolute Gasteiger partial charge is 0.462 e. The molecule has 100 heavy (non-hydrogen) atoms. The van der Waals surface area contributed by atoms with Gasteiger partial charge in [0, 0.05) is 25.7 Å². The number of rotatable bonds is 68. The average molecular weight is 1440 g/mol. The molecule has 19 heteroatoms. The Balaban J connectivity index is 5.45. The number of hydrogen-bond donors (Lipinski definition) is 3. The molecule has 0 aromatic rings. The summed E-state index contributed by atoms with van der Waals surface area (Å²) in [6, 6.07) is 0. The van der Waals surface area contributed by atoms with Gasteiger partial charge in [0.1, 0.15) is 19.3 Å². The van der Waals surface area contributed by atoms with Gasteiger partial charge in [0.25, 0.3) is 0 Å². The van der Waals surface area contributed by atoms with Crippen molar-refractivity contribution in [2.75, 3.05) is 39.6 Å². The summed E-state index contributed by atoms with van der Waals surface area (Å²) in [5, 5.41) is 10.6. The van der Waals surface area contributed by atoms with E-state index in [0.29, 0.717) is 38.5 Å². The van der Waals surface area contributed by atoms with Crippen molar-refractivity contribution in [1.82, 2.24) is 0 Å². The first-order chi connectivity index (χ1) is 48.7. The van der Waals surface area contributed by atoms with E-state index in [-0.39, 0.29) is 25.7 Å².